The summed E-state index contributed by atoms with van der Waals surface area (Å²) in [5, 5.41) is 15.0. The lowest BCUT2D eigenvalue weighted by Gasteiger charge is -2.36. The standard InChI is InChI=1S/C31H36ClN7O/c1-20(39-17-15-25(16-18-39)35-24-10-8-23(32)9-11-24)31(40)36-26-12-13-28-27(19-26)37-29(38(28)2)14-5-21-3-6-22(7-4-21)30(33)34/h3-4,6-13,19-20,25,35H,5,14-18H2,1-2H3,(H3,33,34)(H,36,40). The number of rotatable bonds is 9. The maximum atomic E-state index is 13.1. The maximum absolute atomic E-state index is 13.1. The van der Waals surface area contributed by atoms with E-state index < -0.39 is 0 Å². The van der Waals surface area contributed by atoms with Gasteiger partial charge in [-0.3, -0.25) is 15.1 Å². The molecule has 40 heavy (non-hydrogen) atoms. The van der Waals surface area contributed by atoms with Gasteiger partial charge in [-0.25, -0.2) is 4.98 Å². The zero-order valence-corrected chi connectivity index (χ0v) is 23.7. The quantitative estimate of drug-likeness (QED) is 0.167. The first-order chi connectivity index (χ1) is 19.3. The number of imidazole rings is 1. The van der Waals surface area contributed by atoms with Crippen LogP contribution in [0.2, 0.25) is 5.02 Å². The van der Waals surface area contributed by atoms with Crippen molar-refractivity contribution in [3.05, 3.63) is 88.7 Å². The van der Waals surface area contributed by atoms with E-state index in [1.807, 2.05) is 80.7 Å². The second kappa shape index (κ2) is 12.1. The van der Waals surface area contributed by atoms with Crippen molar-refractivity contribution in [3.63, 3.8) is 0 Å². The molecule has 3 aromatic carbocycles. The molecule has 0 radical (unpaired) electrons. The van der Waals surface area contributed by atoms with Crippen LogP contribution < -0.4 is 16.4 Å². The van der Waals surface area contributed by atoms with Crippen molar-refractivity contribution in [2.24, 2.45) is 12.8 Å². The average Bonchev–Trinajstić information content (AvgIpc) is 3.27. The van der Waals surface area contributed by atoms with Gasteiger partial charge in [0.1, 0.15) is 11.7 Å². The third-order valence-electron chi connectivity index (χ3n) is 7.81. The number of aromatic nitrogens is 2. The van der Waals surface area contributed by atoms with E-state index in [1.54, 1.807) is 0 Å². The predicted octanol–water partition coefficient (Wildman–Crippen LogP) is 5.20. The zero-order chi connectivity index (χ0) is 28.2. The zero-order valence-electron chi connectivity index (χ0n) is 23.0. The minimum Gasteiger partial charge on any atom is -0.384 e. The number of nitrogens with two attached hydrogens (primary N) is 1. The van der Waals surface area contributed by atoms with Crippen LogP contribution in [0, 0.1) is 5.41 Å². The minimum absolute atomic E-state index is 0.00590. The van der Waals surface area contributed by atoms with Gasteiger partial charge in [0.05, 0.1) is 17.1 Å². The van der Waals surface area contributed by atoms with E-state index >= 15 is 0 Å². The number of likely N-dealkylation sites (tertiary alicyclic amines) is 1. The molecule has 1 amide bonds. The number of nitrogens with zero attached hydrogens (tertiary/aromatic N) is 3. The third kappa shape index (κ3) is 6.46. The Hall–Kier alpha value is -3.88. The van der Waals surface area contributed by atoms with Crippen molar-refractivity contribution in [1.82, 2.24) is 14.5 Å². The van der Waals surface area contributed by atoms with Gasteiger partial charge < -0.3 is 20.9 Å². The molecule has 5 rings (SSSR count). The normalized spacial score (nSPS) is 15.2. The highest BCUT2D eigenvalue weighted by molar-refractivity contribution is 6.30. The van der Waals surface area contributed by atoms with Gasteiger partial charge in [0.15, 0.2) is 0 Å². The number of amidine groups is 1. The van der Waals surface area contributed by atoms with Crippen LogP contribution in [-0.4, -0.2) is 51.4 Å². The highest BCUT2D eigenvalue weighted by Crippen LogP contribution is 2.23. The molecule has 1 aromatic heterocycles. The second-order valence-electron chi connectivity index (χ2n) is 10.5. The summed E-state index contributed by atoms with van der Waals surface area (Å²) < 4.78 is 2.11. The number of nitrogens with one attached hydrogen (secondary N) is 3. The van der Waals surface area contributed by atoms with Gasteiger partial charge in [-0.2, -0.15) is 0 Å². The maximum Gasteiger partial charge on any atom is 0.241 e. The van der Waals surface area contributed by atoms with Gasteiger partial charge >= 0.3 is 0 Å². The molecule has 4 aromatic rings. The molecular weight excluding hydrogens is 522 g/mol. The summed E-state index contributed by atoms with van der Waals surface area (Å²) in [6.45, 7) is 3.70. The van der Waals surface area contributed by atoms with E-state index in [9.17, 15) is 4.79 Å². The van der Waals surface area contributed by atoms with Crippen molar-refractivity contribution in [1.29, 1.82) is 5.41 Å². The van der Waals surface area contributed by atoms with E-state index in [0.717, 1.165) is 77.6 Å². The van der Waals surface area contributed by atoms with E-state index in [1.165, 1.54) is 5.56 Å². The van der Waals surface area contributed by atoms with Crippen LogP contribution in [0.1, 0.15) is 36.7 Å². The van der Waals surface area contributed by atoms with Gasteiger partial charge in [0.25, 0.3) is 0 Å². The Labute approximate surface area is 240 Å². The Morgan fingerprint density at radius 1 is 1.05 bits per heavy atom. The summed E-state index contributed by atoms with van der Waals surface area (Å²) in [5.41, 5.74) is 11.2. The highest BCUT2D eigenvalue weighted by atomic mass is 35.5. The van der Waals surface area contributed by atoms with Gasteiger partial charge in [-0.15, -0.1) is 0 Å². The van der Waals surface area contributed by atoms with Crippen LogP contribution in [0.25, 0.3) is 11.0 Å². The number of hydrogen-bond acceptors (Lipinski definition) is 5. The molecule has 1 aliphatic heterocycles. The van der Waals surface area contributed by atoms with Crippen LogP contribution in [0.3, 0.4) is 0 Å². The number of aryl methyl sites for hydroxylation is 3. The first-order valence-corrected chi connectivity index (χ1v) is 14.1. The fraction of sp³-hybridized carbons (Fsp3) is 0.323. The molecule has 0 saturated carbocycles. The van der Waals surface area contributed by atoms with E-state index in [4.69, 9.17) is 27.7 Å². The highest BCUT2D eigenvalue weighted by Gasteiger charge is 2.27. The number of fused-ring (bicyclic) bond motifs is 1. The number of benzene rings is 3. The van der Waals surface area contributed by atoms with Crippen molar-refractivity contribution >= 4 is 45.8 Å². The second-order valence-corrected chi connectivity index (χ2v) is 11.0. The first-order valence-electron chi connectivity index (χ1n) is 13.7. The van der Waals surface area contributed by atoms with Crippen molar-refractivity contribution in [2.75, 3.05) is 23.7 Å². The van der Waals surface area contributed by atoms with Crippen LogP contribution in [0.15, 0.2) is 66.7 Å². The number of hydrogen-bond donors (Lipinski definition) is 4. The average molecular weight is 558 g/mol. The Morgan fingerprint density at radius 2 is 1.73 bits per heavy atom. The number of carbonyl (C=O) groups excluding carboxylic acids is 1. The number of anilines is 2. The summed E-state index contributed by atoms with van der Waals surface area (Å²) in [4.78, 5) is 20.2. The van der Waals surface area contributed by atoms with Gasteiger partial charge in [-0.1, -0.05) is 35.9 Å². The topological polar surface area (TPSA) is 112 Å². The van der Waals surface area contributed by atoms with Crippen LogP contribution in [0.4, 0.5) is 11.4 Å². The van der Waals surface area contributed by atoms with Crippen LogP contribution in [0.5, 0.6) is 0 Å². The molecule has 0 aliphatic carbocycles. The predicted molar refractivity (Wildman–Crippen MR) is 163 cm³/mol. The Morgan fingerprint density at radius 3 is 2.40 bits per heavy atom. The Balaban J connectivity index is 1.15. The fourth-order valence-electron chi connectivity index (χ4n) is 5.28. The molecule has 1 atom stereocenters. The lowest BCUT2D eigenvalue weighted by molar-refractivity contribution is -0.121. The lowest BCUT2D eigenvalue weighted by atomic mass is 10.0. The summed E-state index contributed by atoms with van der Waals surface area (Å²) in [6.07, 6.45) is 3.57. The summed E-state index contributed by atoms with van der Waals surface area (Å²) >= 11 is 5.99. The monoisotopic (exact) mass is 557 g/mol. The molecule has 208 valence electrons. The van der Waals surface area contributed by atoms with Crippen molar-refractivity contribution in [3.8, 4) is 0 Å². The molecule has 0 spiro atoms. The van der Waals surface area contributed by atoms with Gasteiger partial charge in [0, 0.05) is 54.6 Å². The van der Waals surface area contributed by atoms with Crippen molar-refractivity contribution in [2.45, 2.75) is 44.7 Å². The van der Waals surface area contributed by atoms with Gasteiger partial charge in [0.2, 0.25) is 5.91 Å². The molecule has 1 unspecified atom stereocenters. The molecule has 1 aliphatic rings. The number of carbonyl (C=O) groups is 1. The molecule has 0 bridgehead atoms. The third-order valence-corrected chi connectivity index (χ3v) is 8.07. The van der Waals surface area contributed by atoms with Crippen LogP contribution in [-0.2, 0) is 24.7 Å². The number of amides is 1. The molecular formula is C31H36ClN7O. The van der Waals surface area contributed by atoms with Gasteiger partial charge in [-0.05, 0) is 74.2 Å². The molecule has 5 N–H and O–H groups in total. The minimum atomic E-state index is -0.221. The molecule has 9 heteroatoms. The Kier molecular flexibility index (Phi) is 8.38. The molecule has 1 fully saturated rings. The Bertz CT molecular complexity index is 1490. The number of piperidine rings is 1. The molecule has 2 heterocycles. The van der Waals surface area contributed by atoms with E-state index in [0.29, 0.717) is 6.04 Å². The number of halogens is 1. The van der Waals surface area contributed by atoms with E-state index in [-0.39, 0.29) is 17.8 Å². The molecule has 1 saturated heterocycles. The van der Waals surface area contributed by atoms with Crippen molar-refractivity contribution < 1.29 is 4.79 Å². The van der Waals surface area contributed by atoms with E-state index in [2.05, 4.69) is 20.1 Å². The summed E-state index contributed by atoms with van der Waals surface area (Å²) in [7, 11) is 2.02. The summed E-state index contributed by atoms with van der Waals surface area (Å²) in [6, 6.07) is 21.6. The SMILES string of the molecule is CC(C(=O)Nc1ccc2c(c1)nc(CCc1ccc(C(=N)N)cc1)n2C)N1CCC(Nc2ccc(Cl)cc2)CC1. The first kappa shape index (κ1) is 27.7. The smallest absolute Gasteiger partial charge is 0.241 e. The molecule has 8 nitrogen and oxygen atoms in total. The number of nitrogen functional groups attached to an aromatic ring is 1. The fourth-order valence-corrected chi connectivity index (χ4v) is 5.41. The largest absolute Gasteiger partial charge is 0.384 e. The lowest BCUT2D eigenvalue weighted by Crippen LogP contribution is -2.48. The summed E-state index contributed by atoms with van der Waals surface area (Å²) in [5.74, 6) is 1.05. The van der Waals surface area contributed by atoms with Crippen LogP contribution >= 0.6 is 11.6 Å².